The Morgan fingerprint density at radius 3 is 2.53 bits per heavy atom. The zero-order chi connectivity index (χ0) is 22.7. The summed E-state index contributed by atoms with van der Waals surface area (Å²) in [6, 6.07) is 0.636. The molecule has 0 radical (unpaired) electrons. The molecule has 32 heavy (non-hydrogen) atoms. The van der Waals surface area contributed by atoms with Crippen molar-refractivity contribution in [2.45, 2.75) is 116 Å². The number of methoxy groups -OCH3 is 1. The monoisotopic (exact) mass is 449 g/mol. The zero-order valence-electron chi connectivity index (χ0n) is 21.2. The Labute approximate surface area is 196 Å². The van der Waals surface area contributed by atoms with Crippen LogP contribution in [0.2, 0.25) is 0 Å². The second-order valence-electron chi connectivity index (χ2n) is 11.8. The quantitative estimate of drug-likeness (QED) is 0.629. The molecule has 2 aliphatic carbocycles. The van der Waals surface area contributed by atoms with Gasteiger partial charge in [-0.15, -0.1) is 0 Å². The number of hydrogen-bond acceptors (Lipinski definition) is 4. The maximum atomic E-state index is 13.2. The number of hydrogen-bond donors (Lipinski definition) is 1. The second-order valence-corrected chi connectivity index (χ2v) is 11.8. The molecule has 2 aliphatic heterocycles. The summed E-state index contributed by atoms with van der Waals surface area (Å²) >= 11 is 0. The van der Waals surface area contributed by atoms with E-state index in [2.05, 4.69) is 25.7 Å². The normalized spacial score (nSPS) is 41.3. The van der Waals surface area contributed by atoms with Crippen LogP contribution in [0.3, 0.4) is 0 Å². The molecular weight excluding hydrogens is 400 g/mol. The van der Waals surface area contributed by atoms with E-state index in [9.17, 15) is 4.79 Å². The summed E-state index contributed by atoms with van der Waals surface area (Å²) in [7, 11) is 1.86. The Kier molecular flexibility index (Phi) is 8.55. The van der Waals surface area contributed by atoms with Gasteiger partial charge in [0, 0.05) is 20.1 Å². The molecule has 4 fully saturated rings. The van der Waals surface area contributed by atoms with Gasteiger partial charge in [0.1, 0.15) is 12.3 Å². The van der Waals surface area contributed by atoms with Crippen LogP contribution in [0, 0.1) is 23.7 Å². The molecular formula is C27H49N2O3+. The van der Waals surface area contributed by atoms with Crippen LogP contribution in [0.5, 0.6) is 0 Å². The molecule has 4 rings (SSSR count). The number of carbonyl (C=O) groups is 1. The minimum Gasteiger partial charge on any atom is -0.458 e. The number of ether oxygens (including phenoxy) is 2. The first kappa shape index (κ1) is 24.5. The molecule has 0 bridgehead atoms. The van der Waals surface area contributed by atoms with Gasteiger partial charge in [0.25, 0.3) is 0 Å². The highest BCUT2D eigenvalue weighted by molar-refractivity contribution is 5.70. The van der Waals surface area contributed by atoms with Crippen LogP contribution in [0.1, 0.15) is 91.4 Å². The van der Waals surface area contributed by atoms with Crippen molar-refractivity contribution >= 4 is 5.97 Å². The van der Waals surface area contributed by atoms with Crippen molar-refractivity contribution in [2.24, 2.45) is 23.7 Å². The molecule has 2 saturated carbocycles. The fraction of sp³-hybridized carbons (Fsp3) is 0.963. The molecule has 0 amide bonds. The molecule has 2 heterocycles. The maximum absolute atomic E-state index is 13.2. The van der Waals surface area contributed by atoms with Crippen LogP contribution >= 0.6 is 0 Å². The SMILES string of the molecule is COC1CCC(C2C[NH+](CC(=O)OC3CC(C)CCC3C(C)C)C3CCCCCN23)CC1. The number of quaternary nitrogens is 1. The maximum Gasteiger partial charge on any atom is 0.362 e. The largest absolute Gasteiger partial charge is 0.458 e. The standard InChI is InChI=1S/C27H48N2O3/c1-19(2)23-14-9-20(3)16-25(23)32-27(30)18-28-17-24(21-10-12-22(31-4)13-11-21)29-15-7-5-6-8-26(28)29/h19-26H,5-18H2,1-4H3/p+1. The predicted octanol–water partition coefficient (Wildman–Crippen LogP) is 3.66. The highest BCUT2D eigenvalue weighted by Gasteiger charge is 2.48. The van der Waals surface area contributed by atoms with Gasteiger partial charge in [0.2, 0.25) is 0 Å². The summed E-state index contributed by atoms with van der Waals surface area (Å²) < 4.78 is 11.9. The van der Waals surface area contributed by atoms with Gasteiger partial charge in [-0.2, -0.15) is 0 Å². The summed E-state index contributed by atoms with van der Waals surface area (Å²) in [5.41, 5.74) is 0. The second kappa shape index (κ2) is 11.2. The summed E-state index contributed by atoms with van der Waals surface area (Å²) in [6.45, 7) is 9.79. The summed E-state index contributed by atoms with van der Waals surface area (Å²) in [4.78, 5) is 17.5. The number of nitrogens with zero attached hydrogens (tertiary/aromatic N) is 1. The summed E-state index contributed by atoms with van der Waals surface area (Å²) in [5, 5.41) is 0. The third kappa shape index (κ3) is 5.70. The molecule has 5 heteroatoms. The van der Waals surface area contributed by atoms with Gasteiger partial charge in [-0.05, 0) is 75.0 Å². The average molecular weight is 450 g/mol. The lowest BCUT2D eigenvalue weighted by Crippen LogP contribution is -3.15. The van der Waals surface area contributed by atoms with E-state index in [4.69, 9.17) is 9.47 Å². The average Bonchev–Trinajstić information content (AvgIpc) is 2.94. The third-order valence-electron chi connectivity index (χ3n) is 9.37. The van der Waals surface area contributed by atoms with Gasteiger partial charge in [-0.25, -0.2) is 9.69 Å². The molecule has 6 atom stereocenters. The smallest absolute Gasteiger partial charge is 0.362 e. The Balaban J connectivity index is 1.39. The van der Waals surface area contributed by atoms with Gasteiger partial charge >= 0.3 is 5.97 Å². The summed E-state index contributed by atoms with van der Waals surface area (Å²) in [6.07, 6.45) is 14.8. The number of carbonyl (C=O) groups excluding carboxylic acids is 1. The van der Waals surface area contributed by atoms with E-state index in [1.165, 1.54) is 75.7 Å². The van der Waals surface area contributed by atoms with Gasteiger partial charge in [0.15, 0.2) is 6.54 Å². The number of esters is 1. The molecule has 0 aromatic carbocycles. The van der Waals surface area contributed by atoms with Crippen molar-refractivity contribution in [3.63, 3.8) is 0 Å². The molecule has 0 aromatic rings. The lowest BCUT2D eigenvalue weighted by molar-refractivity contribution is -0.912. The van der Waals surface area contributed by atoms with Crippen LogP contribution < -0.4 is 4.90 Å². The van der Waals surface area contributed by atoms with Crippen molar-refractivity contribution in [1.29, 1.82) is 0 Å². The van der Waals surface area contributed by atoms with E-state index < -0.39 is 0 Å². The highest BCUT2D eigenvalue weighted by atomic mass is 16.5. The van der Waals surface area contributed by atoms with Crippen LogP contribution in [0.15, 0.2) is 0 Å². The predicted molar refractivity (Wildman–Crippen MR) is 127 cm³/mol. The van der Waals surface area contributed by atoms with Crippen LogP contribution in [0.25, 0.3) is 0 Å². The third-order valence-corrected chi connectivity index (χ3v) is 9.37. The van der Waals surface area contributed by atoms with Crippen molar-refractivity contribution in [2.75, 3.05) is 26.7 Å². The van der Waals surface area contributed by atoms with Crippen LogP contribution in [-0.2, 0) is 14.3 Å². The van der Waals surface area contributed by atoms with Crippen molar-refractivity contribution in [1.82, 2.24) is 4.90 Å². The van der Waals surface area contributed by atoms with Gasteiger partial charge < -0.3 is 14.4 Å². The minimum absolute atomic E-state index is 0.0534. The first-order valence-electron chi connectivity index (χ1n) is 13.8. The van der Waals surface area contributed by atoms with E-state index in [0.717, 1.165) is 18.9 Å². The lowest BCUT2D eigenvalue weighted by Gasteiger charge is -2.36. The number of rotatable bonds is 6. The van der Waals surface area contributed by atoms with Crippen molar-refractivity contribution in [3.05, 3.63) is 0 Å². The molecule has 0 spiro atoms. The van der Waals surface area contributed by atoms with Crippen molar-refractivity contribution in [3.8, 4) is 0 Å². The molecule has 6 unspecified atom stereocenters. The molecule has 4 aliphatic rings. The van der Waals surface area contributed by atoms with Crippen molar-refractivity contribution < 1.29 is 19.2 Å². The molecule has 2 saturated heterocycles. The molecule has 0 aromatic heterocycles. The lowest BCUT2D eigenvalue weighted by atomic mass is 9.75. The van der Waals surface area contributed by atoms with Crippen LogP contribution in [0.4, 0.5) is 0 Å². The van der Waals surface area contributed by atoms with E-state index in [1.54, 1.807) is 0 Å². The highest BCUT2D eigenvalue weighted by Crippen LogP contribution is 2.36. The van der Waals surface area contributed by atoms with E-state index >= 15 is 0 Å². The first-order chi connectivity index (χ1) is 15.5. The van der Waals surface area contributed by atoms with Crippen LogP contribution in [-0.4, -0.2) is 62.0 Å². The topological polar surface area (TPSA) is 43.2 Å². The molecule has 1 N–H and O–H groups in total. The Hall–Kier alpha value is -0.650. The van der Waals surface area contributed by atoms with Gasteiger partial charge in [0.05, 0.1) is 18.7 Å². The Morgan fingerprint density at radius 1 is 1.03 bits per heavy atom. The Morgan fingerprint density at radius 2 is 1.81 bits per heavy atom. The zero-order valence-corrected chi connectivity index (χ0v) is 21.2. The van der Waals surface area contributed by atoms with Gasteiger partial charge in [-0.3, -0.25) is 0 Å². The molecule has 5 nitrogen and oxygen atoms in total. The van der Waals surface area contributed by atoms with Gasteiger partial charge in [-0.1, -0.05) is 33.6 Å². The number of nitrogens with one attached hydrogen (secondary N) is 1. The fourth-order valence-corrected chi connectivity index (χ4v) is 7.47. The fourth-order valence-electron chi connectivity index (χ4n) is 7.47. The minimum atomic E-state index is 0.0534. The van der Waals surface area contributed by atoms with E-state index in [0.29, 0.717) is 42.6 Å². The van der Waals surface area contributed by atoms with E-state index in [-0.39, 0.29) is 12.1 Å². The first-order valence-corrected chi connectivity index (χ1v) is 13.8. The molecule has 184 valence electrons. The summed E-state index contributed by atoms with van der Waals surface area (Å²) in [5.74, 6) is 2.61. The van der Waals surface area contributed by atoms with E-state index in [1.807, 2.05) is 7.11 Å². The number of fused-ring (bicyclic) bond motifs is 1. The Bertz CT molecular complexity index is 604.